The average Bonchev–Trinajstić information content (AvgIpc) is 2.59. The Morgan fingerprint density at radius 3 is 2.29 bits per heavy atom. The molecule has 3 rings (SSSR count). The summed E-state index contributed by atoms with van der Waals surface area (Å²) in [6.45, 7) is 8.67. The zero-order chi connectivity index (χ0) is 17.3. The molecule has 3 nitrogen and oxygen atoms in total. The number of hydrogen-bond acceptors (Lipinski definition) is 3. The third-order valence-electron chi connectivity index (χ3n) is 4.36. The molecule has 0 aliphatic heterocycles. The van der Waals surface area contributed by atoms with Crippen LogP contribution in [0.4, 0.5) is 0 Å². The Bertz CT molecular complexity index is 929. The number of benzene rings is 2. The van der Waals surface area contributed by atoms with Crippen LogP contribution in [0.25, 0.3) is 22.3 Å². The predicted octanol–water partition coefficient (Wildman–Crippen LogP) is 5.25. The minimum absolute atomic E-state index is 0.112. The molecule has 1 N–H and O–H groups in total. The Balaban J connectivity index is 2.14. The van der Waals surface area contributed by atoms with Crippen molar-refractivity contribution < 1.29 is 9.62 Å². The van der Waals surface area contributed by atoms with Crippen molar-refractivity contribution in [2.75, 3.05) is 0 Å². The molecular weight excluding hydrogens is 298 g/mol. The lowest BCUT2D eigenvalue weighted by molar-refractivity contribution is 0.302. The molecule has 24 heavy (non-hydrogen) atoms. The first-order chi connectivity index (χ1) is 11.4. The fraction of sp³-hybridized carbons (Fsp3) is 0.286. The molecule has 0 saturated carbocycles. The number of nitrogens with zero attached hydrogens (tertiary/aromatic N) is 1. The highest BCUT2D eigenvalue weighted by atomic mass is 16.4. The van der Waals surface area contributed by atoms with E-state index >= 15 is 0 Å². The topological polar surface area (TPSA) is 45.7 Å². The lowest BCUT2D eigenvalue weighted by Gasteiger charge is -2.19. The summed E-state index contributed by atoms with van der Waals surface area (Å²) >= 11 is 0. The van der Waals surface area contributed by atoms with Crippen LogP contribution in [0.3, 0.4) is 0 Å². The largest absolute Gasteiger partial charge is 0.456 e. The monoisotopic (exact) mass is 321 g/mol. The van der Waals surface area contributed by atoms with Crippen LogP contribution >= 0.6 is 0 Å². The van der Waals surface area contributed by atoms with Gasteiger partial charge in [0.15, 0.2) is 0 Å². The lowest BCUT2D eigenvalue weighted by Crippen LogP contribution is -2.10. The molecule has 1 heterocycles. The summed E-state index contributed by atoms with van der Waals surface area (Å²) in [5.41, 5.74) is 4.25. The number of rotatable bonds is 2. The van der Waals surface area contributed by atoms with E-state index in [4.69, 9.17) is 4.42 Å². The summed E-state index contributed by atoms with van der Waals surface area (Å²) in [7, 11) is 0. The smallest absolute Gasteiger partial charge is 0.137 e. The normalized spacial score (nSPS) is 12.8. The molecule has 0 fully saturated rings. The van der Waals surface area contributed by atoms with Gasteiger partial charge in [0.05, 0.1) is 0 Å². The fourth-order valence-corrected chi connectivity index (χ4v) is 2.80. The maximum absolute atomic E-state index is 9.40. The Hall–Kier alpha value is -2.55. The van der Waals surface area contributed by atoms with Gasteiger partial charge in [0.25, 0.3) is 0 Å². The van der Waals surface area contributed by atoms with Crippen molar-refractivity contribution in [1.82, 2.24) is 0 Å². The molecule has 0 saturated heterocycles. The van der Waals surface area contributed by atoms with Gasteiger partial charge in [0, 0.05) is 17.0 Å². The van der Waals surface area contributed by atoms with Gasteiger partial charge < -0.3 is 9.62 Å². The molecule has 0 aliphatic carbocycles. The van der Waals surface area contributed by atoms with Crippen molar-refractivity contribution in [2.45, 2.75) is 39.5 Å². The SMILES string of the molecule is CCc1ccc2oc(-c3ccc(C(C)(C)C)cc3)c/c(=N\O)c2c1. The first kappa shape index (κ1) is 16.3. The standard InChI is InChI=1S/C21H23NO2/c1-5-14-6-11-19-17(12-14)18(22-23)13-20(24-19)15-7-9-16(10-8-15)21(2,3)4/h6-13,23H,5H2,1-4H3/b22-18+. The van der Waals surface area contributed by atoms with Crippen LogP contribution in [0.5, 0.6) is 0 Å². The quantitative estimate of drug-likeness (QED) is 0.517. The van der Waals surface area contributed by atoms with Crippen molar-refractivity contribution in [3.05, 3.63) is 65.0 Å². The first-order valence-corrected chi connectivity index (χ1v) is 8.28. The third-order valence-corrected chi connectivity index (χ3v) is 4.36. The molecule has 0 aliphatic rings. The maximum atomic E-state index is 9.40. The molecule has 0 bridgehead atoms. The Kier molecular flexibility index (Phi) is 4.18. The van der Waals surface area contributed by atoms with E-state index in [1.54, 1.807) is 6.07 Å². The van der Waals surface area contributed by atoms with Gasteiger partial charge in [-0.05, 0) is 35.1 Å². The van der Waals surface area contributed by atoms with E-state index in [2.05, 4.69) is 45.0 Å². The highest BCUT2D eigenvalue weighted by Gasteiger charge is 2.14. The summed E-state index contributed by atoms with van der Waals surface area (Å²) in [5.74, 6) is 0.694. The van der Waals surface area contributed by atoms with Crippen LogP contribution in [-0.4, -0.2) is 5.21 Å². The van der Waals surface area contributed by atoms with E-state index < -0.39 is 0 Å². The van der Waals surface area contributed by atoms with Crippen LogP contribution in [-0.2, 0) is 11.8 Å². The second kappa shape index (κ2) is 6.16. The molecule has 3 aromatic rings. The van der Waals surface area contributed by atoms with E-state index in [0.717, 1.165) is 23.0 Å². The van der Waals surface area contributed by atoms with Gasteiger partial charge in [-0.1, -0.05) is 63.2 Å². The summed E-state index contributed by atoms with van der Waals surface area (Å²) < 4.78 is 6.04. The van der Waals surface area contributed by atoms with Gasteiger partial charge in [-0.15, -0.1) is 0 Å². The van der Waals surface area contributed by atoms with E-state index in [1.807, 2.05) is 30.3 Å². The van der Waals surface area contributed by atoms with E-state index in [9.17, 15) is 5.21 Å². The predicted molar refractivity (Wildman–Crippen MR) is 97.1 cm³/mol. The van der Waals surface area contributed by atoms with Crippen LogP contribution in [0.1, 0.15) is 38.8 Å². The van der Waals surface area contributed by atoms with E-state index in [1.165, 1.54) is 11.1 Å². The van der Waals surface area contributed by atoms with Crippen molar-refractivity contribution in [3.63, 3.8) is 0 Å². The summed E-state index contributed by atoms with van der Waals surface area (Å²) in [4.78, 5) is 0. The Labute approximate surface area is 142 Å². The minimum atomic E-state index is 0.112. The highest BCUT2D eigenvalue weighted by molar-refractivity contribution is 5.79. The molecule has 0 unspecified atom stereocenters. The second-order valence-corrected chi connectivity index (χ2v) is 7.11. The summed E-state index contributed by atoms with van der Waals surface area (Å²) in [6, 6.07) is 16.1. The molecule has 0 spiro atoms. The number of hydrogen-bond donors (Lipinski definition) is 1. The minimum Gasteiger partial charge on any atom is -0.456 e. The first-order valence-electron chi connectivity index (χ1n) is 8.28. The average molecular weight is 321 g/mol. The molecular formula is C21H23NO2. The molecule has 0 atom stereocenters. The molecule has 3 heteroatoms. The van der Waals surface area contributed by atoms with Crippen LogP contribution < -0.4 is 5.36 Å². The van der Waals surface area contributed by atoms with Crippen molar-refractivity contribution in [3.8, 4) is 11.3 Å². The van der Waals surface area contributed by atoms with Crippen LogP contribution in [0.15, 0.2) is 58.1 Å². The summed E-state index contributed by atoms with van der Waals surface area (Å²) in [5, 5.41) is 14.2. The van der Waals surface area contributed by atoms with Gasteiger partial charge in [-0.25, -0.2) is 0 Å². The van der Waals surface area contributed by atoms with Crippen molar-refractivity contribution in [2.24, 2.45) is 5.16 Å². The lowest BCUT2D eigenvalue weighted by atomic mass is 9.86. The molecule has 0 amide bonds. The third kappa shape index (κ3) is 3.07. The second-order valence-electron chi connectivity index (χ2n) is 7.11. The Morgan fingerprint density at radius 1 is 1.00 bits per heavy atom. The molecule has 124 valence electrons. The highest BCUT2D eigenvalue weighted by Crippen LogP contribution is 2.27. The van der Waals surface area contributed by atoms with E-state index in [-0.39, 0.29) is 5.41 Å². The van der Waals surface area contributed by atoms with Gasteiger partial charge >= 0.3 is 0 Å². The summed E-state index contributed by atoms with van der Waals surface area (Å²) in [6.07, 6.45) is 0.927. The number of aryl methyl sites for hydroxylation is 1. The van der Waals surface area contributed by atoms with Gasteiger partial charge in [0.1, 0.15) is 16.7 Å². The molecule has 2 aromatic carbocycles. The van der Waals surface area contributed by atoms with Gasteiger partial charge in [-0.3, -0.25) is 0 Å². The maximum Gasteiger partial charge on any atom is 0.137 e. The van der Waals surface area contributed by atoms with Crippen molar-refractivity contribution >= 4 is 11.0 Å². The van der Waals surface area contributed by atoms with Gasteiger partial charge in [-0.2, -0.15) is 0 Å². The number of fused-ring (bicyclic) bond motifs is 1. The van der Waals surface area contributed by atoms with E-state index in [0.29, 0.717) is 11.1 Å². The fourth-order valence-electron chi connectivity index (χ4n) is 2.80. The zero-order valence-electron chi connectivity index (χ0n) is 14.6. The van der Waals surface area contributed by atoms with Crippen LogP contribution in [0.2, 0.25) is 0 Å². The zero-order valence-corrected chi connectivity index (χ0v) is 14.6. The van der Waals surface area contributed by atoms with Crippen LogP contribution in [0, 0.1) is 0 Å². The molecule has 1 aromatic heterocycles. The molecule has 0 radical (unpaired) electrons. The van der Waals surface area contributed by atoms with Crippen molar-refractivity contribution in [1.29, 1.82) is 0 Å². The Morgan fingerprint density at radius 2 is 1.71 bits per heavy atom. The van der Waals surface area contributed by atoms with Gasteiger partial charge in [0.2, 0.25) is 0 Å².